The Labute approximate surface area is 194 Å². The van der Waals surface area contributed by atoms with Crippen LogP contribution in [0.25, 0.3) is 0 Å². The summed E-state index contributed by atoms with van der Waals surface area (Å²) < 4.78 is 10.8. The molecule has 2 aromatic rings. The third-order valence-electron chi connectivity index (χ3n) is 5.05. The second-order valence-corrected chi connectivity index (χ2v) is 9.06. The van der Waals surface area contributed by atoms with Gasteiger partial charge in [-0.1, -0.05) is 29.6 Å². The molecule has 0 saturated heterocycles. The van der Waals surface area contributed by atoms with Crippen LogP contribution in [0.4, 0.5) is 5.00 Å². The van der Waals surface area contributed by atoms with Crippen LogP contribution < -0.4 is 5.32 Å². The van der Waals surface area contributed by atoms with Gasteiger partial charge in [-0.3, -0.25) is 4.79 Å². The SMILES string of the molecule is CCOC(=O)c1c(NC(=O)c2ccc(Cl)c(Cl)c2)sc(C(=O)OC2CCCCC2)c1C. The Morgan fingerprint density at radius 3 is 2.45 bits per heavy atom. The van der Waals surface area contributed by atoms with Crippen LogP contribution >= 0.6 is 34.5 Å². The van der Waals surface area contributed by atoms with Crippen LogP contribution in [0.5, 0.6) is 0 Å². The monoisotopic (exact) mass is 483 g/mol. The molecule has 1 aromatic heterocycles. The van der Waals surface area contributed by atoms with Crippen LogP contribution in [0, 0.1) is 6.92 Å². The Morgan fingerprint density at radius 1 is 1.10 bits per heavy atom. The lowest BCUT2D eigenvalue weighted by molar-refractivity contribution is 0.0216. The molecule has 31 heavy (non-hydrogen) atoms. The van der Waals surface area contributed by atoms with Gasteiger partial charge in [0.05, 0.1) is 22.2 Å². The third-order valence-corrected chi connectivity index (χ3v) is 6.97. The number of halogens is 2. The van der Waals surface area contributed by atoms with Crippen molar-refractivity contribution in [3.63, 3.8) is 0 Å². The summed E-state index contributed by atoms with van der Waals surface area (Å²) in [5.74, 6) is -1.59. The van der Waals surface area contributed by atoms with Crippen molar-refractivity contribution in [1.82, 2.24) is 0 Å². The highest BCUT2D eigenvalue weighted by molar-refractivity contribution is 7.18. The Kier molecular flexibility index (Phi) is 7.97. The summed E-state index contributed by atoms with van der Waals surface area (Å²) in [5, 5.41) is 3.49. The molecule has 1 aromatic carbocycles. The molecule has 1 N–H and O–H groups in total. The second kappa shape index (κ2) is 10.5. The van der Waals surface area contributed by atoms with Crippen molar-refractivity contribution in [2.24, 2.45) is 0 Å². The van der Waals surface area contributed by atoms with Gasteiger partial charge < -0.3 is 14.8 Å². The molecule has 0 radical (unpaired) electrons. The highest BCUT2D eigenvalue weighted by Gasteiger charge is 2.29. The number of thiophene rings is 1. The molecule has 1 aliphatic rings. The Bertz CT molecular complexity index is 998. The molecule has 0 aliphatic heterocycles. The fourth-order valence-corrected chi connectivity index (χ4v) is 4.82. The number of amides is 1. The summed E-state index contributed by atoms with van der Waals surface area (Å²) in [7, 11) is 0. The molecule has 1 saturated carbocycles. The standard InChI is InChI=1S/C22H23Cl2NO5S/c1-3-29-21(27)17-12(2)18(22(28)30-14-7-5-4-6-8-14)31-20(17)25-19(26)13-9-10-15(23)16(24)11-13/h9-11,14H,3-8H2,1-2H3,(H,25,26). The molecule has 1 amide bonds. The minimum atomic E-state index is -0.614. The molecule has 0 atom stereocenters. The normalized spacial score (nSPS) is 14.2. The van der Waals surface area contributed by atoms with Crippen LogP contribution in [0.15, 0.2) is 18.2 Å². The van der Waals surface area contributed by atoms with Gasteiger partial charge in [0.1, 0.15) is 16.0 Å². The van der Waals surface area contributed by atoms with E-state index in [0.717, 1.165) is 43.4 Å². The number of rotatable bonds is 6. The number of anilines is 1. The lowest BCUT2D eigenvalue weighted by Gasteiger charge is -2.21. The number of benzene rings is 1. The van der Waals surface area contributed by atoms with Crippen LogP contribution in [-0.2, 0) is 9.47 Å². The van der Waals surface area contributed by atoms with E-state index in [2.05, 4.69) is 5.32 Å². The average molecular weight is 484 g/mol. The molecular weight excluding hydrogens is 461 g/mol. The van der Waals surface area contributed by atoms with Gasteiger partial charge in [-0.25, -0.2) is 9.59 Å². The van der Waals surface area contributed by atoms with Crippen molar-refractivity contribution in [2.75, 3.05) is 11.9 Å². The summed E-state index contributed by atoms with van der Waals surface area (Å²) in [4.78, 5) is 38.4. The van der Waals surface area contributed by atoms with E-state index in [1.54, 1.807) is 13.8 Å². The Hall–Kier alpha value is -2.09. The number of carbonyl (C=O) groups excluding carboxylic acids is 3. The molecule has 9 heteroatoms. The molecule has 166 valence electrons. The van der Waals surface area contributed by atoms with Crippen molar-refractivity contribution < 1.29 is 23.9 Å². The van der Waals surface area contributed by atoms with Gasteiger partial charge in [0.2, 0.25) is 0 Å². The van der Waals surface area contributed by atoms with Crippen molar-refractivity contribution in [3.8, 4) is 0 Å². The number of hydrogen-bond donors (Lipinski definition) is 1. The quantitative estimate of drug-likeness (QED) is 0.488. The molecule has 0 unspecified atom stereocenters. The maximum atomic E-state index is 12.8. The summed E-state index contributed by atoms with van der Waals surface area (Å²) in [5.41, 5.74) is 0.839. The summed E-state index contributed by atoms with van der Waals surface area (Å²) in [6, 6.07) is 4.46. The highest BCUT2D eigenvalue weighted by atomic mass is 35.5. The average Bonchev–Trinajstić information content (AvgIpc) is 3.06. The van der Waals surface area contributed by atoms with E-state index in [4.69, 9.17) is 32.7 Å². The minimum Gasteiger partial charge on any atom is -0.462 e. The topological polar surface area (TPSA) is 81.7 Å². The predicted molar refractivity (Wildman–Crippen MR) is 122 cm³/mol. The zero-order valence-corrected chi connectivity index (χ0v) is 19.6. The fourth-order valence-electron chi connectivity index (χ4n) is 3.45. The Morgan fingerprint density at radius 2 is 1.81 bits per heavy atom. The van der Waals surface area contributed by atoms with E-state index < -0.39 is 17.8 Å². The Balaban J connectivity index is 1.89. The second-order valence-electron chi connectivity index (χ2n) is 7.23. The molecule has 1 heterocycles. The first kappa shape index (κ1) is 23.6. The molecular formula is C22H23Cl2NO5S. The van der Waals surface area contributed by atoms with Crippen molar-refractivity contribution in [2.45, 2.75) is 52.1 Å². The van der Waals surface area contributed by atoms with Gasteiger partial charge in [-0.2, -0.15) is 0 Å². The number of hydrogen-bond acceptors (Lipinski definition) is 6. The van der Waals surface area contributed by atoms with Crippen LogP contribution in [0.2, 0.25) is 10.0 Å². The number of carbonyl (C=O) groups is 3. The first-order valence-electron chi connectivity index (χ1n) is 10.1. The highest BCUT2D eigenvalue weighted by Crippen LogP contribution is 2.35. The van der Waals surface area contributed by atoms with Gasteiger partial charge in [0.15, 0.2) is 0 Å². The van der Waals surface area contributed by atoms with Crippen molar-refractivity contribution in [3.05, 3.63) is 49.8 Å². The van der Waals surface area contributed by atoms with E-state index in [0.29, 0.717) is 10.6 Å². The van der Waals surface area contributed by atoms with Gasteiger partial charge in [0, 0.05) is 5.56 Å². The van der Waals surface area contributed by atoms with E-state index in [-0.39, 0.29) is 38.7 Å². The smallest absolute Gasteiger partial charge is 0.348 e. The van der Waals surface area contributed by atoms with E-state index in [1.807, 2.05) is 0 Å². The van der Waals surface area contributed by atoms with Gasteiger partial charge >= 0.3 is 11.9 Å². The molecule has 1 fully saturated rings. The largest absolute Gasteiger partial charge is 0.462 e. The maximum Gasteiger partial charge on any atom is 0.348 e. The first-order valence-corrected chi connectivity index (χ1v) is 11.7. The fraction of sp³-hybridized carbons (Fsp3) is 0.409. The third kappa shape index (κ3) is 5.59. The lowest BCUT2D eigenvalue weighted by Crippen LogP contribution is -2.21. The molecule has 0 bridgehead atoms. The zero-order chi connectivity index (χ0) is 22.5. The maximum absolute atomic E-state index is 12.8. The number of nitrogens with one attached hydrogen (secondary N) is 1. The van der Waals surface area contributed by atoms with Gasteiger partial charge in [-0.05, 0) is 63.3 Å². The van der Waals surface area contributed by atoms with Crippen LogP contribution in [-0.4, -0.2) is 30.6 Å². The van der Waals surface area contributed by atoms with Gasteiger partial charge in [0.25, 0.3) is 5.91 Å². The predicted octanol–water partition coefficient (Wildman–Crippen LogP) is 6.28. The van der Waals surface area contributed by atoms with Crippen LogP contribution in [0.3, 0.4) is 0 Å². The van der Waals surface area contributed by atoms with Crippen LogP contribution in [0.1, 0.15) is 75.0 Å². The van der Waals surface area contributed by atoms with Crippen molar-refractivity contribution in [1.29, 1.82) is 0 Å². The summed E-state index contributed by atoms with van der Waals surface area (Å²) in [6.45, 7) is 3.50. The molecule has 1 aliphatic carbocycles. The number of ether oxygens (including phenoxy) is 2. The first-order chi connectivity index (χ1) is 14.8. The van der Waals surface area contributed by atoms with E-state index in [9.17, 15) is 14.4 Å². The number of esters is 2. The van der Waals surface area contributed by atoms with E-state index in [1.165, 1.54) is 18.2 Å². The van der Waals surface area contributed by atoms with Crippen molar-refractivity contribution >= 4 is 57.4 Å². The molecule has 6 nitrogen and oxygen atoms in total. The summed E-state index contributed by atoms with van der Waals surface area (Å²) in [6.07, 6.45) is 4.75. The van der Waals surface area contributed by atoms with E-state index >= 15 is 0 Å². The molecule has 0 spiro atoms. The molecule has 3 rings (SSSR count). The summed E-state index contributed by atoms with van der Waals surface area (Å²) >= 11 is 12.9. The minimum absolute atomic E-state index is 0.122. The zero-order valence-electron chi connectivity index (χ0n) is 17.3. The lowest BCUT2D eigenvalue weighted by atomic mass is 9.98. The van der Waals surface area contributed by atoms with Gasteiger partial charge in [-0.15, -0.1) is 11.3 Å².